The number of carbonyl (C=O) groups excluding carboxylic acids is 1. The van der Waals surface area contributed by atoms with Crippen molar-refractivity contribution in [2.75, 3.05) is 13.1 Å². The highest BCUT2D eigenvalue weighted by Crippen LogP contribution is 2.29. The first-order chi connectivity index (χ1) is 11.3. The van der Waals surface area contributed by atoms with E-state index in [1.165, 1.54) is 35.4 Å². The second kappa shape index (κ2) is 5.99. The lowest BCUT2D eigenvalue weighted by Gasteiger charge is -2.38. The van der Waals surface area contributed by atoms with Crippen LogP contribution in [0.15, 0.2) is 41.3 Å². The van der Waals surface area contributed by atoms with Crippen molar-refractivity contribution in [3.63, 3.8) is 0 Å². The number of aromatic amines is 1. The number of carbonyl (C=O) groups is 1. The molecule has 0 saturated carbocycles. The number of amides is 1. The van der Waals surface area contributed by atoms with Crippen LogP contribution in [0.25, 0.3) is 0 Å². The van der Waals surface area contributed by atoms with Gasteiger partial charge in [-0.05, 0) is 18.2 Å². The van der Waals surface area contributed by atoms with Gasteiger partial charge >= 0.3 is 6.18 Å². The van der Waals surface area contributed by atoms with Crippen LogP contribution in [0.5, 0.6) is 5.88 Å². The van der Waals surface area contributed by atoms with Crippen molar-refractivity contribution >= 4 is 5.91 Å². The number of aromatic nitrogens is 2. The molecule has 1 fully saturated rings. The predicted molar refractivity (Wildman–Crippen MR) is 76.6 cm³/mol. The molecule has 0 spiro atoms. The molecule has 2 aromatic rings. The fraction of sp³-hybridized carbons (Fsp3) is 0.267. The van der Waals surface area contributed by atoms with Gasteiger partial charge in [0.15, 0.2) is 0 Å². The second-order valence-electron chi connectivity index (χ2n) is 5.22. The molecule has 1 aliphatic heterocycles. The van der Waals surface area contributed by atoms with Crippen molar-refractivity contribution in [3.05, 3.63) is 58.1 Å². The molecule has 0 atom stereocenters. The summed E-state index contributed by atoms with van der Waals surface area (Å²) in [6.45, 7) is 0.343. The van der Waals surface area contributed by atoms with Gasteiger partial charge in [-0.3, -0.25) is 9.59 Å². The zero-order valence-corrected chi connectivity index (χ0v) is 12.2. The van der Waals surface area contributed by atoms with E-state index in [9.17, 15) is 22.8 Å². The Bertz CT molecular complexity index is 813. The van der Waals surface area contributed by atoms with Crippen molar-refractivity contribution in [2.24, 2.45) is 0 Å². The number of alkyl halides is 3. The van der Waals surface area contributed by atoms with E-state index in [2.05, 4.69) is 9.97 Å². The van der Waals surface area contributed by atoms with Crippen molar-refractivity contribution in [3.8, 4) is 5.88 Å². The number of pyridine rings is 2. The van der Waals surface area contributed by atoms with Crippen molar-refractivity contribution < 1.29 is 22.7 Å². The van der Waals surface area contributed by atoms with Gasteiger partial charge in [0, 0.05) is 12.3 Å². The lowest BCUT2D eigenvalue weighted by Crippen LogP contribution is -2.56. The quantitative estimate of drug-likeness (QED) is 0.923. The van der Waals surface area contributed by atoms with Gasteiger partial charge in [-0.15, -0.1) is 0 Å². The molecule has 24 heavy (non-hydrogen) atoms. The molecule has 6 nitrogen and oxygen atoms in total. The van der Waals surface area contributed by atoms with Gasteiger partial charge in [0.25, 0.3) is 11.5 Å². The van der Waals surface area contributed by atoms with Crippen molar-refractivity contribution in [1.82, 2.24) is 14.9 Å². The molecule has 1 N–H and O–H groups in total. The van der Waals surface area contributed by atoms with E-state index in [-0.39, 0.29) is 24.5 Å². The Morgan fingerprint density at radius 2 is 2.00 bits per heavy atom. The maximum absolute atomic E-state index is 12.6. The maximum atomic E-state index is 12.6. The van der Waals surface area contributed by atoms with Gasteiger partial charge in [-0.1, -0.05) is 6.07 Å². The minimum Gasteiger partial charge on any atom is -0.471 e. The minimum atomic E-state index is -4.55. The lowest BCUT2D eigenvalue weighted by molar-refractivity contribution is -0.141. The second-order valence-corrected chi connectivity index (χ2v) is 5.22. The fourth-order valence-corrected chi connectivity index (χ4v) is 2.25. The molecule has 0 aromatic carbocycles. The number of halogens is 3. The summed E-state index contributed by atoms with van der Waals surface area (Å²) >= 11 is 0. The third kappa shape index (κ3) is 3.24. The Morgan fingerprint density at radius 1 is 1.25 bits per heavy atom. The number of nitrogens with one attached hydrogen (secondary N) is 1. The van der Waals surface area contributed by atoms with E-state index in [1.807, 2.05) is 0 Å². The minimum absolute atomic E-state index is 0.00754. The number of likely N-dealkylation sites (tertiary alicyclic amines) is 1. The van der Waals surface area contributed by atoms with Crippen LogP contribution >= 0.6 is 0 Å². The van der Waals surface area contributed by atoms with E-state index in [0.29, 0.717) is 0 Å². The Balaban J connectivity index is 1.61. The first kappa shape index (κ1) is 16.0. The number of nitrogens with zero attached hydrogens (tertiary/aromatic N) is 2. The average molecular weight is 339 g/mol. The fourth-order valence-electron chi connectivity index (χ4n) is 2.25. The van der Waals surface area contributed by atoms with Crippen LogP contribution in [0.2, 0.25) is 0 Å². The molecule has 1 amide bonds. The number of hydrogen-bond acceptors (Lipinski definition) is 4. The molecule has 0 radical (unpaired) electrons. The molecule has 3 heterocycles. The number of rotatable bonds is 3. The van der Waals surface area contributed by atoms with Gasteiger partial charge in [0.05, 0.1) is 13.1 Å². The van der Waals surface area contributed by atoms with E-state index in [1.54, 1.807) is 0 Å². The zero-order chi connectivity index (χ0) is 17.3. The Morgan fingerprint density at radius 3 is 2.67 bits per heavy atom. The largest absolute Gasteiger partial charge is 0.471 e. The van der Waals surface area contributed by atoms with E-state index in [0.717, 1.165) is 6.07 Å². The third-order valence-corrected chi connectivity index (χ3v) is 3.49. The molecule has 1 saturated heterocycles. The Kier molecular flexibility index (Phi) is 4.00. The highest BCUT2D eigenvalue weighted by Gasteiger charge is 2.35. The Hall–Kier alpha value is -2.84. The standard InChI is InChI=1S/C15H12F3N3O3/c16-15(17,18)11-4-1-5-12(20-11)24-9-7-21(8-9)14(23)10-3-2-6-19-13(10)22/h1-6,9H,7-8H2,(H,19,22). The van der Waals surface area contributed by atoms with Crippen LogP contribution in [0.4, 0.5) is 13.2 Å². The molecule has 0 unspecified atom stereocenters. The van der Waals surface area contributed by atoms with Crippen molar-refractivity contribution in [2.45, 2.75) is 12.3 Å². The molecule has 1 aliphatic rings. The zero-order valence-electron chi connectivity index (χ0n) is 12.2. The molecule has 9 heteroatoms. The summed E-state index contributed by atoms with van der Waals surface area (Å²) < 4.78 is 43.1. The van der Waals surface area contributed by atoms with Gasteiger partial charge in [0.2, 0.25) is 5.88 Å². The number of ether oxygens (including phenoxy) is 1. The van der Waals surface area contributed by atoms with Gasteiger partial charge in [-0.25, -0.2) is 4.98 Å². The van der Waals surface area contributed by atoms with Gasteiger partial charge < -0.3 is 14.6 Å². The van der Waals surface area contributed by atoms with Crippen LogP contribution in [-0.2, 0) is 6.18 Å². The van der Waals surface area contributed by atoms with Crippen molar-refractivity contribution in [1.29, 1.82) is 0 Å². The molecule has 0 bridgehead atoms. The lowest BCUT2D eigenvalue weighted by atomic mass is 10.1. The summed E-state index contributed by atoms with van der Waals surface area (Å²) in [7, 11) is 0. The molecule has 3 rings (SSSR count). The Labute approximate surface area is 133 Å². The summed E-state index contributed by atoms with van der Waals surface area (Å²) in [6.07, 6.45) is -3.59. The van der Waals surface area contributed by atoms with Crippen LogP contribution in [0, 0.1) is 0 Å². The molecular weight excluding hydrogens is 327 g/mol. The monoisotopic (exact) mass is 339 g/mol. The topological polar surface area (TPSA) is 75.3 Å². The van der Waals surface area contributed by atoms with Crippen LogP contribution in [0.3, 0.4) is 0 Å². The molecular formula is C15H12F3N3O3. The SMILES string of the molecule is O=C(c1ccc[nH]c1=O)N1CC(Oc2cccc(C(F)(F)F)n2)C1. The predicted octanol–water partition coefficient (Wildman–Crippen LogP) is 1.69. The average Bonchev–Trinajstić information content (AvgIpc) is 2.50. The summed E-state index contributed by atoms with van der Waals surface area (Å²) in [5, 5.41) is 0. The third-order valence-electron chi connectivity index (χ3n) is 3.49. The summed E-state index contributed by atoms with van der Waals surface area (Å²) in [5.74, 6) is -0.604. The maximum Gasteiger partial charge on any atom is 0.433 e. The van der Waals surface area contributed by atoms with E-state index in [4.69, 9.17) is 4.74 Å². The van der Waals surface area contributed by atoms with Crippen LogP contribution < -0.4 is 10.3 Å². The first-order valence-corrected chi connectivity index (χ1v) is 7.02. The summed E-state index contributed by atoms with van der Waals surface area (Å²) in [5.41, 5.74) is -1.53. The summed E-state index contributed by atoms with van der Waals surface area (Å²) in [4.78, 5) is 30.9. The van der Waals surface area contributed by atoms with Crippen LogP contribution in [0.1, 0.15) is 16.1 Å². The van der Waals surface area contributed by atoms with Gasteiger partial charge in [0.1, 0.15) is 17.4 Å². The van der Waals surface area contributed by atoms with Crippen LogP contribution in [-0.4, -0.2) is 40.0 Å². The van der Waals surface area contributed by atoms with E-state index >= 15 is 0 Å². The molecule has 126 valence electrons. The molecule has 0 aliphatic carbocycles. The van der Waals surface area contributed by atoms with Gasteiger partial charge in [-0.2, -0.15) is 13.2 Å². The number of hydrogen-bond donors (Lipinski definition) is 1. The highest BCUT2D eigenvalue weighted by atomic mass is 19.4. The normalized spacial score (nSPS) is 15.0. The highest BCUT2D eigenvalue weighted by molar-refractivity contribution is 5.94. The first-order valence-electron chi connectivity index (χ1n) is 7.02. The smallest absolute Gasteiger partial charge is 0.433 e. The van der Waals surface area contributed by atoms with E-state index < -0.39 is 29.4 Å². The number of H-pyrrole nitrogens is 1. The summed E-state index contributed by atoms with van der Waals surface area (Å²) in [6, 6.07) is 6.32. The molecule has 2 aromatic heterocycles.